The molecule has 1 aromatic carbocycles. The molecule has 0 aliphatic carbocycles. The van der Waals surface area contributed by atoms with Crippen LogP contribution in [-0.2, 0) is 19.1 Å². The molecule has 0 spiro atoms. The minimum absolute atomic E-state index is 0.171. The van der Waals surface area contributed by atoms with Crippen molar-refractivity contribution in [2.45, 2.75) is 6.42 Å². The van der Waals surface area contributed by atoms with E-state index < -0.39 is 5.97 Å². The first-order chi connectivity index (χ1) is 10.1. The Balaban J connectivity index is 2.34. The first kappa shape index (κ1) is 17.0. The van der Waals surface area contributed by atoms with E-state index in [1.165, 1.54) is 26.0 Å². The topological polar surface area (TPSA) is 81.7 Å². The minimum atomic E-state index is -0.425. The number of benzene rings is 1. The van der Waals surface area contributed by atoms with Crippen molar-refractivity contribution < 1.29 is 23.9 Å². The van der Waals surface area contributed by atoms with E-state index in [4.69, 9.17) is 0 Å². The Kier molecular flexibility index (Phi) is 7.31. The summed E-state index contributed by atoms with van der Waals surface area (Å²) in [6.07, 6.45) is 0.280. The van der Waals surface area contributed by atoms with E-state index >= 15 is 0 Å². The van der Waals surface area contributed by atoms with Gasteiger partial charge in [0.1, 0.15) is 0 Å². The molecule has 0 heterocycles. The number of rotatable bonds is 7. The SMILES string of the molecule is COC(=O)CCSCC(=O)Nc1ccc(C(=O)OC)cc1. The zero-order chi connectivity index (χ0) is 15.7. The molecule has 1 N–H and O–H groups in total. The maximum atomic E-state index is 11.7. The molecule has 0 fully saturated rings. The van der Waals surface area contributed by atoms with Crippen molar-refractivity contribution in [1.29, 1.82) is 0 Å². The van der Waals surface area contributed by atoms with E-state index in [1.807, 2.05) is 0 Å². The number of nitrogens with one attached hydrogen (secondary N) is 1. The van der Waals surface area contributed by atoms with Gasteiger partial charge in [-0.3, -0.25) is 9.59 Å². The van der Waals surface area contributed by atoms with Crippen molar-refractivity contribution in [2.75, 3.05) is 31.0 Å². The van der Waals surface area contributed by atoms with Crippen LogP contribution < -0.4 is 5.32 Å². The highest BCUT2D eigenvalue weighted by molar-refractivity contribution is 7.99. The molecule has 0 radical (unpaired) electrons. The number of esters is 2. The van der Waals surface area contributed by atoms with Crippen LogP contribution in [0.1, 0.15) is 16.8 Å². The highest BCUT2D eigenvalue weighted by Crippen LogP contribution is 2.11. The van der Waals surface area contributed by atoms with Crippen LogP contribution >= 0.6 is 11.8 Å². The van der Waals surface area contributed by atoms with Gasteiger partial charge in [0.05, 0.1) is 32.0 Å². The number of anilines is 1. The number of hydrogen-bond acceptors (Lipinski definition) is 6. The van der Waals surface area contributed by atoms with E-state index in [1.54, 1.807) is 24.3 Å². The number of carbonyl (C=O) groups is 3. The molecule has 0 aromatic heterocycles. The normalized spacial score (nSPS) is 9.81. The molecule has 0 aliphatic heterocycles. The Morgan fingerprint density at radius 1 is 1.10 bits per heavy atom. The van der Waals surface area contributed by atoms with E-state index in [0.717, 1.165) is 0 Å². The zero-order valence-electron chi connectivity index (χ0n) is 11.9. The smallest absolute Gasteiger partial charge is 0.337 e. The average molecular weight is 311 g/mol. The van der Waals surface area contributed by atoms with Crippen molar-refractivity contribution in [3.8, 4) is 0 Å². The van der Waals surface area contributed by atoms with Gasteiger partial charge in [0.25, 0.3) is 0 Å². The van der Waals surface area contributed by atoms with Gasteiger partial charge in [-0.2, -0.15) is 11.8 Å². The monoisotopic (exact) mass is 311 g/mol. The molecule has 114 valence electrons. The lowest BCUT2D eigenvalue weighted by molar-refractivity contribution is -0.140. The summed E-state index contributed by atoms with van der Waals surface area (Å²) in [7, 11) is 2.64. The maximum absolute atomic E-state index is 11.7. The molecule has 21 heavy (non-hydrogen) atoms. The van der Waals surface area contributed by atoms with Gasteiger partial charge in [0.15, 0.2) is 0 Å². The minimum Gasteiger partial charge on any atom is -0.469 e. The molecular weight excluding hydrogens is 294 g/mol. The standard InChI is InChI=1S/C14H17NO5S/c1-19-13(17)7-8-21-9-12(16)15-11-5-3-10(4-6-11)14(18)20-2/h3-6H,7-9H2,1-2H3,(H,15,16). The Labute approximate surface area is 127 Å². The first-order valence-corrected chi connectivity index (χ1v) is 7.35. The van der Waals surface area contributed by atoms with Crippen molar-refractivity contribution in [1.82, 2.24) is 0 Å². The van der Waals surface area contributed by atoms with Gasteiger partial charge in [0, 0.05) is 11.4 Å². The van der Waals surface area contributed by atoms with Crippen molar-refractivity contribution in [3.63, 3.8) is 0 Å². The number of carbonyl (C=O) groups excluding carboxylic acids is 3. The molecule has 0 aliphatic rings. The van der Waals surface area contributed by atoms with Crippen LogP contribution in [0.25, 0.3) is 0 Å². The van der Waals surface area contributed by atoms with Gasteiger partial charge in [0.2, 0.25) is 5.91 Å². The van der Waals surface area contributed by atoms with Crippen molar-refractivity contribution in [3.05, 3.63) is 29.8 Å². The maximum Gasteiger partial charge on any atom is 0.337 e. The molecule has 6 nitrogen and oxygen atoms in total. The highest BCUT2D eigenvalue weighted by Gasteiger charge is 2.07. The highest BCUT2D eigenvalue weighted by atomic mass is 32.2. The van der Waals surface area contributed by atoms with E-state index in [0.29, 0.717) is 17.0 Å². The fourth-order valence-electron chi connectivity index (χ4n) is 1.43. The van der Waals surface area contributed by atoms with E-state index in [-0.39, 0.29) is 24.1 Å². The van der Waals surface area contributed by atoms with Gasteiger partial charge in [-0.25, -0.2) is 4.79 Å². The number of thioether (sulfide) groups is 1. The second-order valence-corrected chi connectivity index (χ2v) is 5.10. The van der Waals surface area contributed by atoms with Crippen LogP contribution in [0, 0.1) is 0 Å². The first-order valence-electron chi connectivity index (χ1n) is 6.19. The lowest BCUT2D eigenvalue weighted by atomic mass is 10.2. The van der Waals surface area contributed by atoms with Gasteiger partial charge in [-0.05, 0) is 24.3 Å². The summed E-state index contributed by atoms with van der Waals surface area (Å²) in [5.41, 5.74) is 1.02. The Morgan fingerprint density at radius 2 is 1.76 bits per heavy atom. The second kappa shape index (κ2) is 9.02. The molecule has 0 atom stereocenters. The number of hydrogen-bond donors (Lipinski definition) is 1. The summed E-state index contributed by atoms with van der Waals surface area (Å²) >= 11 is 1.35. The number of methoxy groups -OCH3 is 2. The van der Waals surface area contributed by atoms with Gasteiger partial charge in [-0.15, -0.1) is 0 Å². The molecular formula is C14H17NO5S. The average Bonchev–Trinajstić information content (AvgIpc) is 2.51. The zero-order valence-corrected chi connectivity index (χ0v) is 12.7. The molecule has 1 amide bonds. The fraction of sp³-hybridized carbons (Fsp3) is 0.357. The van der Waals surface area contributed by atoms with Crippen LogP contribution in [0.5, 0.6) is 0 Å². The molecule has 0 saturated heterocycles. The van der Waals surface area contributed by atoms with E-state index in [2.05, 4.69) is 14.8 Å². The van der Waals surface area contributed by atoms with Crippen molar-refractivity contribution in [2.24, 2.45) is 0 Å². The third-order valence-electron chi connectivity index (χ3n) is 2.50. The predicted octanol–water partition coefficient (Wildman–Crippen LogP) is 1.71. The summed E-state index contributed by atoms with van der Waals surface area (Å²) in [4.78, 5) is 33.8. The lowest BCUT2D eigenvalue weighted by Crippen LogP contribution is -2.15. The Morgan fingerprint density at radius 3 is 2.33 bits per heavy atom. The summed E-state index contributed by atoms with van der Waals surface area (Å²) in [6.45, 7) is 0. The molecule has 7 heteroatoms. The van der Waals surface area contributed by atoms with Crippen molar-refractivity contribution >= 4 is 35.3 Å². The largest absolute Gasteiger partial charge is 0.469 e. The van der Waals surface area contributed by atoms with Gasteiger partial charge < -0.3 is 14.8 Å². The summed E-state index contributed by atoms with van der Waals surface area (Å²) in [5.74, 6) is -0.111. The van der Waals surface area contributed by atoms with Crippen LogP contribution in [0.4, 0.5) is 5.69 Å². The van der Waals surface area contributed by atoms with E-state index in [9.17, 15) is 14.4 Å². The molecule has 0 saturated carbocycles. The third-order valence-corrected chi connectivity index (χ3v) is 3.46. The molecule has 1 aromatic rings. The summed E-state index contributed by atoms with van der Waals surface area (Å²) in [6, 6.07) is 6.41. The predicted molar refractivity (Wildman–Crippen MR) is 80.4 cm³/mol. The Bertz CT molecular complexity index is 501. The number of ether oxygens (including phenoxy) is 2. The molecule has 0 unspecified atom stereocenters. The summed E-state index contributed by atoms with van der Waals surface area (Å²) in [5, 5.41) is 2.70. The van der Waals surface area contributed by atoms with Crippen LogP contribution in [0.3, 0.4) is 0 Å². The van der Waals surface area contributed by atoms with Crippen LogP contribution in [0.15, 0.2) is 24.3 Å². The quantitative estimate of drug-likeness (QED) is 0.610. The second-order valence-electron chi connectivity index (χ2n) is 4.00. The van der Waals surface area contributed by atoms with Crippen LogP contribution in [-0.4, -0.2) is 43.6 Å². The third kappa shape index (κ3) is 6.31. The molecule has 0 bridgehead atoms. The fourth-order valence-corrected chi connectivity index (χ4v) is 2.14. The number of amides is 1. The molecule has 1 rings (SSSR count). The lowest BCUT2D eigenvalue weighted by Gasteiger charge is -2.06. The van der Waals surface area contributed by atoms with Gasteiger partial charge >= 0.3 is 11.9 Å². The summed E-state index contributed by atoms with van der Waals surface area (Å²) < 4.78 is 9.09. The van der Waals surface area contributed by atoms with Crippen LogP contribution in [0.2, 0.25) is 0 Å². The Hall–Kier alpha value is -2.02. The van der Waals surface area contributed by atoms with Gasteiger partial charge in [-0.1, -0.05) is 0 Å².